The number of aromatic nitrogens is 2. The monoisotopic (exact) mass is 504 g/mol. The highest BCUT2D eigenvalue weighted by Crippen LogP contribution is 2.31. The van der Waals surface area contributed by atoms with Gasteiger partial charge >= 0.3 is 0 Å². The molecule has 0 spiro atoms. The number of primary amides is 1. The van der Waals surface area contributed by atoms with E-state index in [0.29, 0.717) is 42.7 Å². The van der Waals surface area contributed by atoms with E-state index in [-0.39, 0.29) is 17.4 Å². The van der Waals surface area contributed by atoms with E-state index in [1.54, 1.807) is 18.2 Å². The van der Waals surface area contributed by atoms with Crippen molar-refractivity contribution in [3.8, 4) is 22.9 Å². The van der Waals surface area contributed by atoms with Crippen LogP contribution in [0, 0.1) is 5.82 Å². The first kappa shape index (κ1) is 24.6. The fraction of sp³-hybridized carbons (Fsp3) is 0.333. The first-order valence-corrected chi connectivity index (χ1v) is 12.5. The van der Waals surface area contributed by atoms with Crippen molar-refractivity contribution >= 4 is 17.6 Å². The maximum absolute atomic E-state index is 13.3. The Bertz CT molecular complexity index is 1290. The Morgan fingerprint density at radius 3 is 2.54 bits per heavy atom. The highest BCUT2D eigenvalue weighted by molar-refractivity contribution is 5.92. The van der Waals surface area contributed by atoms with Crippen LogP contribution in [0.15, 0.2) is 48.5 Å². The third-order valence-electron chi connectivity index (χ3n) is 6.56. The molecule has 1 atom stereocenters. The normalized spacial score (nSPS) is 17.9. The summed E-state index contributed by atoms with van der Waals surface area (Å²) < 4.78 is 19.3. The van der Waals surface area contributed by atoms with Gasteiger partial charge in [-0.05, 0) is 80.4 Å². The molecular weight excluding hydrogens is 475 g/mol. The zero-order chi connectivity index (χ0) is 25.8. The third-order valence-corrected chi connectivity index (χ3v) is 6.56. The Morgan fingerprint density at radius 1 is 1.08 bits per heavy atom. The highest BCUT2D eigenvalue weighted by atomic mass is 19.1. The largest absolute Gasteiger partial charge is 0.457 e. The van der Waals surface area contributed by atoms with Crippen molar-refractivity contribution in [3.05, 3.63) is 65.6 Å². The number of halogens is 1. The SMILES string of the molecule is NC(=O)c1cc(NC2CCNC2=O)nc(-c2ccc(Oc3ccc(F)cc3)cc2CN2CCCCC2)n1. The van der Waals surface area contributed by atoms with Crippen molar-refractivity contribution in [2.75, 3.05) is 25.0 Å². The fourth-order valence-corrected chi connectivity index (χ4v) is 4.66. The molecule has 9 nitrogen and oxygen atoms in total. The highest BCUT2D eigenvalue weighted by Gasteiger charge is 2.25. The molecule has 10 heteroatoms. The van der Waals surface area contributed by atoms with Gasteiger partial charge in [0.1, 0.15) is 34.9 Å². The number of amides is 2. The van der Waals surface area contributed by atoms with Crippen LogP contribution < -0.4 is 21.1 Å². The molecule has 3 heterocycles. The average Bonchev–Trinajstić information content (AvgIpc) is 3.30. The van der Waals surface area contributed by atoms with Crippen LogP contribution in [0.4, 0.5) is 10.2 Å². The second-order valence-electron chi connectivity index (χ2n) is 9.31. The van der Waals surface area contributed by atoms with Crippen LogP contribution in [0.2, 0.25) is 0 Å². The number of likely N-dealkylation sites (tertiary alicyclic amines) is 1. The summed E-state index contributed by atoms with van der Waals surface area (Å²) in [7, 11) is 0. The summed E-state index contributed by atoms with van der Waals surface area (Å²) in [6.45, 7) is 3.18. The number of rotatable bonds is 8. The van der Waals surface area contributed by atoms with E-state index >= 15 is 0 Å². The number of hydrogen-bond acceptors (Lipinski definition) is 7. The molecule has 192 valence electrons. The lowest BCUT2D eigenvalue weighted by molar-refractivity contribution is -0.119. The van der Waals surface area contributed by atoms with Crippen LogP contribution >= 0.6 is 0 Å². The molecule has 2 amide bonds. The van der Waals surface area contributed by atoms with Gasteiger partial charge in [-0.2, -0.15) is 0 Å². The molecule has 2 fully saturated rings. The third kappa shape index (κ3) is 6.03. The predicted octanol–water partition coefficient (Wildman–Crippen LogP) is 3.46. The van der Waals surface area contributed by atoms with Crippen molar-refractivity contribution in [2.24, 2.45) is 5.73 Å². The van der Waals surface area contributed by atoms with Crippen molar-refractivity contribution in [3.63, 3.8) is 0 Å². The van der Waals surface area contributed by atoms with E-state index in [0.717, 1.165) is 37.1 Å². The number of nitrogens with zero attached hydrogens (tertiary/aromatic N) is 3. The molecule has 2 aromatic carbocycles. The quantitative estimate of drug-likeness (QED) is 0.429. The number of hydrogen-bond donors (Lipinski definition) is 3. The Kier molecular flexibility index (Phi) is 7.27. The molecule has 1 aromatic heterocycles. The maximum atomic E-state index is 13.3. The molecule has 5 rings (SSSR count). The number of benzene rings is 2. The van der Waals surface area contributed by atoms with Crippen LogP contribution in [-0.2, 0) is 11.3 Å². The number of nitrogens with one attached hydrogen (secondary N) is 2. The van der Waals surface area contributed by atoms with E-state index in [4.69, 9.17) is 10.5 Å². The van der Waals surface area contributed by atoms with Gasteiger partial charge in [-0.1, -0.05) is 6.42 Å². The van der Waals surface area contributed by atoms with Crippen molar-refractivity contribution in [1.82, 2.24) is 20.2 Å². The molecule has 2 aliphatic heterocycles. The Hall–Kier alpha value is -4.05. The zero-order valence-corrected chi connectivity index (χ0v) is 20.4. The summed E-state index contributed by atoms with van der Waals surface area (Å²) in [5.41, 5.74) is 7.30. The summed E-state index contributed by atoms with van der Waals surface area (Å²) in [4.78, 5) is 35.6. The first-order valence-electron chi connectivity index (χ1n) is 12.5. The predicted molar refractivity (Wildman–Crippen MR) is 137 cm³/mol. The van der Waals surface area contributed by atoms with E-state index in [2.05, 4.69) is 25.5 Å². The summed E-state index contributed by atoms with van der Waals surface area (Å²) in [6.07, 6.45) is 4.09. The molecule has 0 radical (unpaired) electrons. The lowest BCUT2D eigenvalue weighted by Gasteiger charge is -2.27. The second kappa shape index (κ2) is 10.9. The van der Waals surface area contributed by atoms with Gasteiger partial charge in [-0.25, -0.2) is 14.4 Å². The number of anilines is 1. The lowest BCUT2D eigenvalue weighted by atomic mass is 10.0. The van der Waals surface area contributed by atoms with Crippen LogP contribution in [0.1, 0.15) is 41.7 Å². The summed E-state index contributed by atoms with van der Waals surface area (Å²) >= 11 is 0. The molecule has 0 bridgehead atoms. The van der Waals surface area contributed by atoms with Gasteiger partial charge in [-0.15, -0.1) is 0 Å². The van der Waals surface area contributed by atoms with Crippen LogP contribution in [0.3, 0.4) is 0 Å². The molecule has 4 N–H and O–H groups in total. The number of carbonyl (C=O) groups is 2. The van der Waals surface area contributed by atoms with Crippen LogP contribution in [0.25, 0.3) is 11.4 Å². The van der Waals surface area contributed by atoms with E-state index < -0.39 is 11.9 Å². The van der Waals surface area contributed by atoms with E-state index in [1.165, 1.54) is 24.6 Å². The molecule has 1 unspecified atom stereocenters. The average molecular weight is 505 g/mol. The Balaban J connectivity index is 1.51. The molecule has 2 aliphatic rings. The number of nitrogens with two attached hydrogens (primary N) is 1. The topological polar surface area (TPSA) is 122 Å². The lowest BCUT2D eigenvalue weighted by Crippen LogP contribution is -2.30. The molecule has 0 saturated carbocycles. The summed E-state index contributed by atoms with van der Waals surface area (Å²) in [6, 6.07) is 12.4. The number of piperidine rings is 1. The Morgan fingerprint density at radius 2 is 1.84 bits per heavy atom. The van der Waals surface area contributed by atoms with Gasteiger partial charge in [-0.3, -0.25) is 14.5 Å². The van der Waals surface area contributed by atoms with Gasteiger partial charge < -0.3 is 21.1 Å². The Labute approximate surface area is 214 Å². The maximum Gasteiger partial charge on any atom is 0.267 e. The van der Waals surface area contributed by atoms with Crippen LogP contribution in [-0.4, -0.2) is 52.4 Å². The minimum atomic E-state index is -0.684. The van der Waals surface area contributed by atoms with Crippen molar-refractivity contribution in [1.29, 1.82) is 0 Å². The van der Waals surface area contributed by atoms with E-state index in [9.17, 15) is 14.0 Å². The van der Waals surface area contributed by atoms with Gasteiger partial charge in [0, 0.05) is 24.7 Å². The molecular formula is C27H29FN6O3. The van der Waals surface area contributed by atoms with Crippen LogP contribution in [0.5, 0.6) is 11.5 Å². The minimum Gasteiger partial charge on any atom is -0.457 e. The summed E-state index contributed by atoms with van der Waals surface area (Å²) in [5.74, 6) is 0.666. The number of carbonyl (C=O) groups excluding carboxylic acids is 2. The number of ether oxygens (including phenoxy) is 1. The van der Waals surface area contributed by atoms with E-state index in [1.807, 2.05) is 12.1 Å². The smallest absolute Gasteiger partial charge is 0.267 e. The zero-order valence-electron chi connectivity index (χ0n) is 20.4. The fourth-order valence-electron chi connectivity index (χ4n) is 4.66. The van der Waals surface area contributed by atoms with Gasteiger partial charge in [0.15, 0.2) is 5.82 Å². The van der Waals surface area contributed by atoms with Gasteiger partial charge in [0.25, 0.3) is 5.91 Å². The molecule has 2 saturated heterocycles. The molecule has 37 heavy (non-hydrogen) atoms. The standard InChI is InChI=1S/C27H29FN6O3/c28-18-4-6-19(7-5-18)37-20-8-9-21(17(14-20)16-34-12-2-1-3-13-34)26-32-23(25(29)35)15-24(33-26)31-22-10-11-30-27(22)36/h4-9,14-15,22H,1-3,10-13,16H2,(H2,29,35)(H,30,36)(H,31,32,33). The van der Waals surface area contributed by atoms with Gasteiger partial charge in [0.05, 0.1) is 0 Å². The van der Waals surface area contributed by atoms with Gasteiger partial charge in [0.2, 0.25) is 5.91 Å². The minimum absolute atomic E-state index is 0.0569. The van der Waals surface area contributed by atoms with Crippen molar-refractivity contribution < 1.29 is 18.7 Å². The van der Waals surface area contributed by atoms with Crippen molar-refractivity contribution in [2.45, 2.75) is 38.3 Å². The first-order chi connectivity index (χ1) is 17.9. The second-order valence-corrected chi connectivity index (χ2v) is 9.31. The molecule has 0 aliphatic carbocycles. The molecule has 3 aromatic rings. The summed E-state index contributed by atoms with van der Waals surface area (Å²) in [5, 5.41) is 5.89.